The number of nitrogens with zero attached hydrogens (tertiary/aromatic N) is 4. The van der Waals surface area contributed by atoms with Crippen LogP contribution in [0.2, 0.25) is 0 Å². The van der Waals surface area contributed by atoms with Gasteiger partial charge in [0, 0.05) is 30.2 Å². The third-order valence-electron chi connectivity index (χ3n) is 4.67. The standard InChI is InChI=1S/C18H20N6O2/c1-11-10-15(23-22-11)20-16-13-4-2-3-5-14(13)19-18(21-16)24-8-6-12(7-9-24)17(25)26/h2-5,10,12H,6-9H2,1H3,(H,25,26)(H2,19,20,21,22,23). The lowest BCUT2D eigenvalue weighted by Crippen LogP contribution is -2.37. The molecule has 1 aliphatic heterocycles. The lowest BCUT2D eigenvalue weighted by molar-refractivity contribution is -0.142. The van der Waals surface area contributed by atoms with Crippen molar-refractivity contribution in [3.63, 3.8) is 0 Å². The Kier molecular flexibility index (Phi) is 4.16. The quantitative estimate of drug-likeness (QED) is 0.662. The molecular formula is C18H20N6O2. The number of carboxylic acids is 1. The molecule has 0 saturated carbocycles. The van der Waals surface area contributed by atoms with E-state index in [1.165, 1.54) is 0 Å². The lowest BCUT2D eigenvalue weighted by Gasteiger charge is -2.30. The van der Waals surface area contributed by atoms with Gasteiger partial charge in [-0.2, -0.15) is 10.1 Å². The Morgan fingerprint density at radius 3 is 2.73 bits per heavy atom. The van der Waals surface area contributed by atoms with Crippen LogP contribution in [0.4, 0.5) is 17.6 Å². The van der Waals surface area contributed by atoms with E-state index in [4.69, 9.17) is 4.98 Å². The molecule has 0 amide bonds. The molecule has 3 aromatic rings. The second-order valence-electron chi connectivity index (χ2n) is 6.55. The van der Waals surface area contributed by atoms with Crippen molar-refractivity contribution in [2.75, 3.05) is 23.3 Å². The molecule has 8 nitrogen and oxygen atoms in total. The van der Waals surface area contributed by atoms with Gasteiger partial charge in [0.05, 0.1) is 11.4 Å². The van der Waals surface area contributed by atoms with Gasteiger partial charge in [-0.25, -0.2) is 4.98 Å². The van der Waals surface area contributed by atoms with E-state index >= 15 is 0 Å². The monoisotopic (exact) mass is 352 g/mol. The molecule has 1 fully saturated rings. The first-order chi connectivity index (χ1) is 12.6. The van der Waals surface area contributed by atoms with Crippen LogP contribution in [0.5, 0.6) is 0 Å². The van der Waals surface area contributed by atoms with Crippen LogP contribution in [0.1, 0.15) is 18.5 Å². The maximum absolute atomic E-state index is 11.2. The summed E-state index contributed by atoms with van der Waals surface area (Å²) in [6.07, 6.45) is 1.21. The number of aryl methyl sites for hydroxylation is 1. The van der Waals surface area contributed by atoms with Crippen molar-refractivity contribution in [2.24, 2.45) is 5.92 Å². The fourth-order valence-electron chi connectivity index (χ4n) is 3.23. The normalized spacial score (nSPS) is 15.3. The maximum Gasteiger partial charge on any atom is 0.306 e. The zero-order chi connectivity index (χ0) is 18.1. The number of carbonyl (C=O) groups is 1. The predicted octanol–water partition coefficient (Wildman–Crippen LogP) is 2.71. The molecule has 0 aliphatic carbocycles. The molecule has 8 heteroatoms. The van der Waals surface area contributed by atoms with Gasteiger partial charge in [-0.1, -0.05) is 12.1 Å². The first kappa shape index (κ1) is 16.3. The predicted molar refractivity (Wildman–Crippen MR) is 98.7 cm³/mol. The van der Waals surface area contributed by atoms with Crippen LogP contribution in [0.25, 0.3) is 10.9 Å². The van der Waals surface area contributed by atoms with E-state index in [-0.39, 0.29) is 5.92 Å². The Labute approximate surface area is 150 Å². The maximum atomic E-state index is 11.2. The van der Waals surface area contributed by atoms with Gasteiger partial charge in [-0.05, 0) is 31.9 Å². The smallest absolute Gasteiger partial charge is 0.306 e. The molecule has 0 spiro atoms. The van der Waals surface area contributed by atoms with Crippen molar-refractivity contribution >= 4 is 34.5 Å². The van der Waals surface area contributed by atoms with Crippen molar-refractivity contribution in [2.45, 2.75) is 19.8 Å². The second kappa shape index (κ2) is 6.62. The summed E-state index contributed by atoms with van der Waals surface area (Å²) in [6.45, 7) is 3.21. The highest BCUT2D eigenvalue weighted by molar-refractivity contribution is 5.91. The van der Waals surface area contributed by atoms with Crippen LogP contribution < -0.4 is 10.2 Å². The summed E-state index contributed by atoms with van der Waals surface area (Å²) in [6, 6.07) is 9.72. The number of hydrogen-bond donors (Lipinski definition) is 3. The van der Waals surface area contributed by atoms with Crippen LogP contribution in [-0.4, -0.2) is 44.3 Å². The van der Waals surface area contributed by atoms with Gasteiger partial charge in [0.15, 0.2) is 5.82 Å². The van der Waals surface area contributed by atoms with Crippen LogP contribution in [0.15, 0.2) is 30.3 Å². The molecule has 0 bridgehead atoms. The fourth-order valence-corrected chi connectivity index (χ4v) is 3.23. The number of aromatic nitrogens is 4. The minimum atomic E-state index is -0.722. The number of rotatable bonds is 4. The van der Waals surface area contributed by atoms with Crippen LogP contribution in [0, 0.1) is 12.8 Å². The number of aromatic amines is 1. The molecule has 1 saturated heterocycles. The first-order valence-electron chi connectivity index (χ1n) is 8.64. The number of nitrogens with one attached hydrogen (secondary N) is 2. The molecule has 134 valence electrons. The molecular weight excluding hydrogens is 332 g/mol. The molecule has 0 atom stereocenters. The number of fused-ring (bicyclic) bond motifs is 1. The molecule has 1 aromatic carbocycles. The zero-order valence-electron chi connectivity index (χ0n) is 14.4. The van der Waals surface area contributed by atoms with Gasteiger partial charge in [0.1, 0.15) is 5.82 Å². The Bertz CT molecular complexity index is 946. The number of hydrogen-bond acceptors (Lipinski definition) is 6. The molecule has 26 heavy (non-hydrogen) atoms. The number of anilines is 3. The topological polar surface area (TPSA) is 107 Å². The van der Waals surface area contributed by atoms with Crippen LogP contribution in [0.3, 0.4) is 0 Å². The highest BCUT2D eigenvalue weighted by Crippen LogP contribution is 2.28. The van der Waals surface area contributed by atoms with E-state index < -0.39 is 5.97 Å². The Morgan fingerprint density at radius 2 is 2.04 bits per heavy atom. The number of piperidine rings is 1. The summed E-state index contributed by atoms with van der Waals surface area (Å²) in [5, 5.41) is 20.5. The average molecular weight is 352 g/mol. The highest BCUT2D eigenvalue weighted by Gasteiger charge is 2.26. The van der Waals surface area contributed by atoms with Gasteiger partial charge >= 0.3 is 5.97 Å². The molecule has 2 aromatic heterocycles. The number of H-pyrrole nitrogens is 1. The summed E-state index contributed by atoms with van der Waals surface area (Å²) in [5.41, 5.74) is 1.80. The second-order valence-corrected chi connectivity index (χ2v) is 6.55. The third kappa shape index (κ3) is 3.17. The van der Waals surface area contributed by atoms with Crippen LogP contribution >= 0.6 is 0 Å². The van der Waals surface area contributed by atoms with E-state index in [0.29, 0.717) is 43.5 Å². The number of para-hydroxylation sites is 1. The van der Waals surface area contributed by atoms with Gasteiger partial charge in [0.25, 0.3) is 0 Å². The van der Waals surface area contributed by atoms with E-state index in [1.54, 1.807) is 0 Å². The molecule has 3 N–H and O–H groups in total. The number of aliphatic carboxylic acids is 1. The minimum absolute atomic E-state index is 0.281. The van der Waals surface area contributed by atoms with E-state index in [1.807, 2.05) is 42.2 Å². The van der Waals surface area contributed by atoms with Crippen molar-refractivity contribution in [1.29, 1.82) is 0 Å². The van der Waals surface area contributed by atoms with Crippen molar-refractivity contribution in [1.82, 2.24) is 20.2 Å². The van der Waals surface area contributed by atoms with Crippen molar-refractivity contribution in [3.05, 3.63) is 36.0 Å². The minimum Gasteiger partial charge on any atom is -0.481 e. The van der Waals surface area contributed by atoms with Crippen molar-refractivity contribution < 1.29 is 9.90 Å². The summed E-state index contributed by atoms with van der Waals surface area (Å²) >= 11 is 0. The van der Waals surface area contributed by atoms with Crippen molar-refractivity contribution in [3.8, 4) is 0 Å². The fraction of sp³-hybridized carbons (Fsp3) is 0.333. The van der Waals surface area contributed by atoms with E-state index in [9.17, 15) is 9.90 Å². The SMILES string of the molecule is Cc1cc(Nc2nc(N3CCC(C(=O)O)CC3)nc3ccccc23)n[nH]1. The van der Waals surface area contributed by atoms with E-state index in [0.717, 1.165) is 16.6 Å². The Hall–Kier alpha value is -3.16. The van der Waals surface area contributed by atoms with Gasteiger partial charge in [0.2, 0.25) is 5.95 Å². The molecule has 4 rings (SSSR count). The average Bonchev–Trinajstić information content (AvgIpc) is 3.06. The Balaban J connectivity index is 1.66. The van der Waals surface area contributed by atoms with Gasteiger partial charge in [-0.15, -0.1) is 0 Å². The largest absolute Gasteiger partial charge is 0.481 e. The summed E-state index contributed by atoms with van der Waals surface area (Å²) in [4.78, 5) is 22.6. The first-order valence-corrected chi connectivity index (χ1v) is 8.64. The molecule has 0 radical (unpaired) electrons. The van der Waals surface area contributed by atoms with Crippen LogP contribution in [-0.2, 0) is 4.79 Å². The van der Waals surface area contributed by atoms with E-state index in [2.05, 4.69) is 20.5 Å². The van der Waals surface area contributed by atoms with Gasteiger partial charge < -0.3 is 15.3 Å². The molecule has 3 heterocycles. The third-order valence-corrected chi connectivity index (χ3v) is 4.67. The summed E-state index contributed by atoms with van der Waals surface area (Å²) in [7, 11) is 0. The highest BCUT2D eigenvalue weighted by atomic mass is 16.4. The Morgan fingerprint density at radius 1 is 1.27 bits per heavy atom. The number of carboxylic acid groups (broad SMARTS) is 1. The lowest BCUT2D eigenvalue weighted by atomic mass is 9.97. The summed E-state index contributed by atoms with van der Waals surface area (Å²) < 4.78 is 0. The number of benzene rings is 1. The van der Waals surface area contributed by atoms with Gasteiger partial charge in [-0.3, -0.25) is 9.89 Å². The summed E-state index contributed by atoms with van der Waals surface area (Å²) in [5.74, 6) is 0.998. The molecule has 0 unspecified atom stereocenters. The molecule has 1 aliphatic rings. The zero-order valence-corrected chi connectivity index (χ0v) is 14.4.